The molecule has 8 nitrogen and oxygen atoms in total. The van der Waals surface area contributed by atoms with Crippen molar-refractivity contribution >= 4 is 18.9 Å². The molecule has 3 aliphatic carbocycles. The fourth-order valence-electron chi connectivity index (χ4n) is 7.12. The first kappa shape index (κ1) is 28.6. The first-order valence-corrected chi connectivity index (χ1v) is 14.5. The predicted octanol–water partition coefficient (Wildman–Crippen LogP) is 4.75. The van der Waals surface area contributed by atoms with Crippen LogP contribution >= 0.6 is 0 Å². The number of nitrogens with one attached hydrogen (secondary N) is 2. The quantitative estimate of drug-likeness (QED) is 0.417. The number of hydrogen-bond acceptors (Lipinski definition) is 6. The van der Waals surface area contributed by atoms with Crippen LogP contribution < -0.4 is 15.4 Å². The molecule has 6 rings (SSSR count). The minimum Gasteiger partial charge on any atom is -0.497 e. The second-order valence-electron chi connectivity index (χ2n) is 12.9. The number of ether oxygens (including phenoxy) is 1. The lowest BCUT2D eigenvalue weighted by Gasteiger charge is -2.64. The number of carbonyl (C=O) groups excluding carboxylic acids is 2. The molecule has 4 fully saturated rings. The van der Waals surface area contributed by atoms with Crippen LogP contribution in [0.15, 0.2) is 48.8 Å². The Balaban J connectivity index is 1.32. The first-order valence-electron chi connectivity index (χ1n) is 14.5. The summed E-state index contributed by atoms with van der Waals surface area (Å²) in [7, 11) is 1.09. The molecule has 2 aromatic rings. The van der Waals surface area contributed by atoms with Crippen molar-refractivity contribution in [3.63, 3.8) is 0 Å². The minimum absolute atomic E-state index is 0.0455. The summed E-state index contributed by atoms with van der Waals surface area (Å²) in [6.45, 7) is 11.2. The third-order valence-electron chi connectivity index (χ3n) is 9.48. The lowest BCUT2D eigenvalue weighted by Crippen LogP contribution is -2.65. The lowest BCUT2D eigenvalue weighted by atomic mass is 9.43. The third kappa shape index (κ3) is 5.50. The zero-order valence-electron chi connectivity index (χ0n) is 24.5. The van der Waals surface area contributed by atoms with Gasteiger partial charge in [-0.25, -0.2) is 0 Å². The van der Waals surface area contributed by atoms with E-state index in [0.717, 1.165) is 18.4 Å². The van der Waals surface area contributed by atoms with Crippen molar-refractivity contribution in [2.45, 2.75) is 84.0 Å². The Bertz CT molecular complexity index is 1220. The summed E-state index contributed by atoms with van der Waals surface area (Å²) in [5.41, 5.74) is 1.11. The molecule has 1 aromatic carbocycles. The average Bonchev–Trinajstić information content (AvgIpc) is 3.29. The van der Waals surface area contributed by atoms with Crippen LogP contribution in [-0.2, 0) is 14.1 Å². The summed E-state index contributed by atoms with van der Waals surface area (Å²) in [6, 6.07) is 10.3. The molecular formula is C31H42BN3O5. The second-order valence-corrected chi connectivity index (χ2v) is 12.9. The van der Waals surface area contributed by atoms with Crippen molar-refractivity contribution < 1.29 is 23.6 Å². The van der Waals surface area contributed by atoms with Gasteiger partial charge in [-0.05, 0) is 79.2 Å². The van der Waals surface area contributed by atoms with Crippen LogP contribution in [0, 0.1) is 23.2 Å². The van der Waals surface area contributed by atoms with Crippen LogP contribution in [0.5, 0.6) is 5.75 Å². The Morgan fingerprint density at radius 1 is 1.15 bits per heavy atom. The van der Waals surface area contributed by atoms with Crippen molar-refractivity contribution in [1.29, 1.82) is 0 Å². The molecule has 3 saturated carbocycles. The van der Waals surface area contributed by atoms with Crippen LogP contribution in [0.3, 0.4) is 0 Å². The van der Waals surface area contributed by atoms with Crippen molar-refractivity contribution in [2.75, 3.05) is 7.11 Å². The van der Waals surface area contributed by atoms with E-state index in [0.29, 0.717) is 29.1 Å². The van der Waals surface area contributed by atoms with E-state index >= 15 is 0 Å². The second kappa shape index (κ2) is 11.2. The van der Waals surface area contributed by atoms with E-state index in [1.165, 1.54) is 12.6 Å². The number of benzene rings is 1. The summed E-state index contributed by atoms with van der Waals surface area (Å²) in [5.74, 6) is 1.32. The Kier molecular flexibility index (Phi) is 7.99. The van der Waals surface area contributed by atoms with Crippen molar-refractivity contribution in [2.24, 2.45) is 23.2 Å². The van der Waals surface area contributed by atoms with E-state index in [2.05, 4.69) is 50.2 Å². The van der Waals surface area contributed by atoms with Crippen LogP contribution in [0.2, 0.25) is 0 Å². The highest BCUT2D eigenvalue weighted by Gasteiger charge is 2.68. The molecule has 4 aliphatic rings. The maximum absolute atomic E-state index is 13.6. The molecule has 2 bridgehead atoms. The van der Waals surface area contributed by atoms with Crippen LogP contribution in [-0.4, -0.2) is 48.7 Å². The van der Waals surface area contributed by atoms with E-state index in [-0.39, 0.29) is 41.3 Å². The van der Waals surface area contributed by atoms with E-state index in [9.17, 15) is 9.59 Å². The highest BCUT2D eigenvalue weighted by molar-refractivity contribution is 6.47. The lowest BCUT2D eigenvalue weighted by molar-refractivity contribution is -0.199. The van der Waals surface area contributed by atoms with Gasteiger partial charge in [0.1, 0.15) is 5.75 Å². The van der Waals surface area contributed by atoms with Gasteiger partial charge in [-0.15, -0.1) is 0 Å². The molecule has 9 heteroatoms. The maximum atomic E-state index is 13.6. The van der Waals surface area contributed by atoms with Gasteiger partial charge < -0.3 is 24.7 Å². The first-order chi connectivity index (χ1) is 19.0. The zero-order chi connectivity index (χ0) is 28.7. The summed E-state index contributed by atoms with van der Waals surface area (Å²) < 4.78 is 18.7. The molecule has 2 N–H and O–H groups in total. The van der Waals surface area contributed by atoms with Gasteiger partial charge in [-0.2, -0.15) is 0 Å². The van der Waals surface area contributed by atoms with Gasteiger partial charge in [-0.3, -0.25) is 14.6 Å². The van der Waals surface area contributed by atoms with E-state index < -0.39 is 13.2 Å². The summed E-state index contributed by atoms with van der Waals surface area (Å²) >= 11 is 0. The molecule has 214 valence electrons. The molecule has 0 spiro atoms. The number of hydrogen-bond donors (Lipinski definition) is 2. The predicted molar refractivity (Wildman–Crippen MR) is 154 cm³/mol. The summed E-state index contributed by atoms with van der Waals surface area (Å²) in [4.78, 5) is 30.7. The van der Waals surface area contributed by atoms with Crippen LogP contribution in [0.4, 0.5) is 0 Å². The van der Waals surface area contributed by atoms with Gasteiger partial charge in [0.2, 0.25) is 5.91 Å². The van der Waals surface area contributed by atoms with Gasteiger partial charge in [0, 0.05) is 12.4 Å². The molecule has 0 radical (unpaired) electrons. The smallest absolute Gasteiger partial charge is 0.481 e. The van der Waals surface area contributed by atoms with E-state index in [4.69, 9.17) is 14.0 Å². The molecule has 6 atom stereocenters. The SMILES string of the molecule is COc1cccc(C(CC(=O)N[C@@H](CC(C)C)B2O[C@@H]3C[C@@H]4C[C@@H](C4(C)C)[C@]3(C)O2)NC(=O)c2cccnc2)c1. The Labute approximate surface area is 238 Å². The third-order valence-corrected chi connectivity index (χ3v) is 9.48. The monoisotopic (exact) mass is 547 g/mol. The number of nitrogens with zero attached hydrogens (tertiary/aromatic N) is 1. The van der Waals surface area contributed by atoms with Crippen molar-refractivity contribution in [1.82, 2.24) is 15.6 Å². The fourth-order valence-corrected chi connectivity index (χ4v) is 7.12. The zero-order valence-corrected chi connectivity index (χ0v) is 24.5. The number of pyridine rings is 1. The Morgan fingerprint density at radius 2 is 1.95 bits per heavy atom. The molecular weight excluding hydrogens is 505 g/mol. The van der Waals surface area contributed by atoms with Gasteiger partial charge in [0.15, 0.2) is 0 Å². The van der Waals surface area contributed by atoms with Gasteiger partial charge in [0.05, 0.1) is 42.8 Å². The molecule has 1 aromatic heterocycles. The number of amides is 2. The molecule has 40 heavy (non-hydrogen) atoms. The summed E-state index contributed by atoms with van der Waals surface area (Å²) in [6.07, 6.45) is 6.13. The number of methoxy groups -OCH3 is 1. The Morgan fingerprint density at radius 3 is 2.62 bits per heavy atom. The molecule has 1 saturated heterocycles. The van der Waals surface area contributed by atoms with Gasteiger partial charge >= 0.3 is 7.12 Å². The molecule has 2 heterocycles. The van der Waals surface area contributed by atoms with Crippen LogP contribution in [0.25, 0.3) is 0 Å². The highest BCUT2D eigenvalue weighted by atomic mass is 16.7. The number of carbonyl (C=O) groups is 2. The van der Waals surface area contributed by atoms with E-state index in [1.54, 1.807) is 25.4 Å². The topological polar surface area (TPSA) is 98.8 Å². The largest absolute Gasteiger partial charge is 0.497 e. The minimum atomic E-state index is -0.568. The average molecular weight is 548 g/mol. The van der Waals surface area contributed by atoms with E-state index in [1.807, 2.05) is 24.3 Å². The molecule has 2 amide bonds. The molecule has 1 unspecified atom stereocenters. The maximum Gasteiger partial charge on any atom is 0.481 e. The highest BCUT2D eigenvalue weighted by Crippen LogP contribution is 2.65. The fraction of sp³-hybridized carbons (Fsp3) is 0.581. The number of aromatic nitrogens is 1. The van der Waals surface area contributed by atoms with Crippen molar-refractivity contribution in [3.05, 3.63) is 59.9 Å². The number of rotatable bonds is 10. The standard InChI is InChI=1S/C31H42BN3O5/c1-19(2)13-27(32-39-26-16-22-15-25(30(22,3)4)31(26,5)40-32)35-28(36)17-24(20-9-7-11-23(14-20)38-6)34-29(37)21-10-8-12-33-18-21/h7-12,14,18-19,22,24-27H,13,15-17H2,1-6H3,(H,34,37)(H,35,36)/t22-,24?,25-,26+,27-,31-/m0/s1. The summed E-state index contributed by atoms with van der Waals surface area (Å²) in [5, 5.41) is 6.25. The normalized spacial score (nSPS) is 27.8. The van der Waals surface area contributed by atoms with Crippen molar-refractivity contribution in [3.8, 4) is 5.75 Å². The Hall–Kier alpha value is -2.91. The van der Waals surface area contributed by atoms with Gasteiger partial charge in [0.25, 0.3) is 5.91 Å². The molecule has 1 aliphatic heterocycles. The van der Waals surface area contributed by atoms with Crippen LogP contribution in [0.1, 0.15) is 82.3 Å². The van der Waals surface area contributed by atoms with Gasteiger partial charge in [-0.1, -0.05) is 39.8 Å².